The molecule has 4 nitrogen and oxygen atoms in total. The van der Waals surface area contributed by atoms with Gasteiger partial charge in [0.15, 0.2) is 0 Å². The van der Waals surface area contributed by atoms with Crippen LogP contribution in [0.3, 0.4) is 0 Å². The van der Waals surface area contributed by atoms with Crippen molar-refractivity contribution in [3.8, 4) is 0 Å². The van der Waals surface area contributed by atoms with Gasteiger partial charge in [0.05, 0.1) is 20.5 Å². The molecule has 0 saturated carbocycles. The van der Waals surface area contributed by atoms with E-state index in [4.69, 9.17) is 33.9 Å². The van der Waals surface area contributed by atoms with Gasteiger partial charge in [-0.1, -0.05) is 23.2 Å². The first-order valence-corrected chi connectivity index (χ1v) is 7.77. The zero-order chi connectivity index (χ0) is 15.7. The predicted octanol–water partition coefficient (Wildman–Crippen LogP) is 3.21. The van der Waals surface area contributed by atoms with Crippen molar-refractivity contribution in [3.63, 3.8) is 0 Å². The number of halogens is 6. The molecule has 0 aliphatic carbocycles. The van der Waals surface area contributed by atoms with Gasteiger partial charge in [-0.3, -0.25) is 4.79 Å². The minimum atomic E-state index is -4.62. The van der Waals surface area contributed by atoms with Crippen molar-refractivity contribution in [1.82, 2.24) is 5.32 Å². The number of hydrogen-bond donors (Lipinski definition) is 1. The minimum absolute atomic E-state index is 0.328. The molecular formula is C9H5Cl3F3NO3S. The SMILES string of the molecule is O=C(NCC(F)(F)F)c1cc(S(=O)(=O)Cl)cc(Cl)c1Cl. The number of rotatable bonds is 3. The van der Waals surface area contributed by atoms with E-state index in [-0.39, 0.29) is 10.0 Å². The lowest BCUT2D eigenvalue weighted by Crippen LogP contribution is -2.33. The Labute approximate surface area is 126 Å². The zero-order valence-corrected chi connectivity index (χ0v) is 12.3. The van der Waals surface area contributed by atoms with Crippen LogP contribution < -0.4 is 5.32 Å². The zero-order valence-electron chi connectivity index (χ0n) is 9.26. The van der Waals surface area contributed by atoms with Crippen LogP contribution in [-0.4, -0.2) is 27.0 Å². The Morgan fingerprint density at radius 1 is 1.25 bits per heavy atom. The smallest absolute Gasteiger partial charge is 0.343 e. The summed E-state index contributed by atoms with van der Waals surface area (Å²) in [6.07, 6.45) is -4.62. The molecule has 0 heterocycles. The van der Waals surface area contributed by atoms with Gasteiger partial charge in [-0.05, 0) is 12.1 Å². The maximum atomic E-state index is 12.0. The summed E-state index contributed by atoms with van der Waals surface area (Å²) >= 11 is 11.3. The molecule has 1 rings (SSSR count). The fourth-order valence-corrected chi connectivity index (χ4v) is 2.41. The van der Waals surface area contributed by atoms with Crippen LogP contribution >= 0.6 is 33.9 Å². The molecule has 0 radical (unpaired) electrons. The number of amides is 1. The molecule has 0 atom stereocenters. The van der Waals surface area contributed by atoms with Crippen LogP contribution in [0.15, 0.2) is 17.0 Å². The van der Waals surface area contributed by atoms with Gasteiger partial charge in [-0.2, -0.15) is 13.2 Å². The van der Waals surface area contributed by atoms with E-state index in [1.807, 2.05) is 0 Å². The predicted molar refractivity (Wildman–Crippen MR) is 67.9 cm³/mol. The average Bonchev–Trinajstić information content (AvgIpc) is 2.27. The van der Waals surface area contributed by atoms with E-state index in [1.54, 1.807) is 5.32 Å². The second-order valence-corrected chi connectivity index (χ2v) is 6.85. The van der Waals surface area contributed by atoms with Gasteiger partial charge in [0.25, 0.3) is 15.0 Å². The molecule has 0 spiro atoms. The third-order valence-corrected chi connectivity index (χ3v) is 4.11. The second-order valence-electron chi connectivity index (χ2n) is 3.50. The van der Waals surface area contributed by atoms with Crippen molar-refractivity contribution in [3.05, 3.63) is 27.7 Å². The first-order valence-electron chi connectivity index (χ1n) is 4.70. The van der Waals surface area contributed by atoms with E-state index < -0.39 is 38.1 Å². The number of carbonyl (C=O) groups is 1. The van der Waals surface area contributed by atoms with Gasteiger partial charge >= 0.3 is 6.18 Å². The summed E-state index contributed by atoms with van der Waals surface area (Å²) in [5, 5.41) is 0.833. The molecule has 0 bridgehead atoms. The number of carbonyl (C=O) groups excluding carboxylic acids is 1. The molecule has 1 N–H and O–H groups in total. The van der Waals surface area contributed by atoms with E-state index in [1.165, 1.54) is 0 Å². The van der Waals surface area contributed by atoms with Crippen molar-refractivity contribution < 1.29 is 26.4 Å². The van der Waals surface area contributed by atoms with E-state index >= 15 is 0 Å². The average molecular weight is 371 g/mol. The van der Waals surface area contributed by atoms with Crippen LogP contribution in [0, 0.1) is 0 Å². The summed E-state index contributed by atoms with van der Waals surface area (Å²) in [6, 6.07) is 1.62. The summed E-state index contributed by atoms with van der Waals surface area (Å²) in [7, 11) is 0.853. The first kappa shape index (κ1) is 17.4. The lowest BCUT2D eigenvalue weighted by atomic mass is 10.2. The molecule has 11 heteroatoms. The molecule has 20 heavy (non-hydrogen) atoms. The molecule has 1 aromatic rings. The molecule has 0 saturated heterocycles. The molecule has 0 fully saturated rings. The van der Waals surface area contributed by atoms with Crippen molar-refractivity contribution in [2.45, 2.75) is 11.1 Å². The Balaban J connectivity index is 3.18. The Kier molecular flexibility index (Phi) is 5.18. The van der Waals surface area contributed by atoms with Crippen LogP contribution in [0.4, 0.5) is 13.2 Å². The van der Waals surface area contributed by atoms with Crippen LogP contribution in [0.25, 0.3) is 0 Å². The van der Waals surface area contributed by atoms with Crippen molar-refractivity contribution in [2.75, 3.05) is 6.54 Å². The van der Waals surface area contributed by atoms with Gasteiger partial charge in [0, 0.05) is 10.7 Å². The van der Waals surface area contributed by atoms with Crippen LogP contribution in [0.2, 0.25) is 10.0 Å². The minimum Gasteiger partial charge on any atom is -0.343 e. The Bertz CT molecular complexity index is 646. The maximum absolute atomic E-state index is 12.0. The lowest BCUT2D eigenvalue weighted by molar-refractivity contribution is -0.123. The Morgan fingerprint density at radius 3 is 2.25 bits per heavy atom. The summed E-state index contributed by atoms with van der Waals surface area (Å²) < 4.78 is 58.2. The fraction of sp³-hybridized carbons (Fsp3) is 0.222. The number of hydrogen-bond acceptors (Lipinski definition) is 3. The molecular weight excluding hydrogens is 366 g/mol. The summed E-state index contributed by atoms with van der Waals surface area (Å²) in [5.74, 6) is -1.23. The van der Waals surface area contributed by atoms with E-state index in [2.05, 4.69) is 0 Å². The third-order valence-electron chi connectivity index (χ3n) is 1.98. The van der Waals surface area contributed by atoms with E-state index in [0.29, 0.717) is 0 Å². The molecule has 0 unspecified atom stereocenters. The van der Waals surface area contributed by atoms with Gasteiger partial charge in [-0.15, -0.1) is 0 Å². The molecule has 112 valence electrons. The highest BCUT2D eigenvalue weighted by Crippen LogP contribution is 2.30. The Hall–Kier alpha value is -0.700. The van der Waals surface area contributed by atoms with Crippen molar-refractivity contribution in [2.24, 2.45) is 0 Å². The Morgan fingerprint density at radius 2 is 1.80 bits per heavy atom. The van der Waals surface area contributed by atoms with E-state index in [0.717, 1.165) is 12.1 Å². The van der Waals surface area contributed by atoms with Gasteiger partial charge in [0.2, 0.25) is 0 Å². The fourth-order valence-electron chi connectivity index (χ4n) is 1.15. The molecule has 0 aliphatic heterocycles. The number of benzene rings is 1. The molecule has 1 aromatic carbocycles. The normalized spacial score (nSPS) is 12.3. The number of nitrogens with one attached hydrogen (secondary N) is 1. The first-order chi connectivity index (χ1) is 8.92. The highest BCUT2D eigenvalue weighted by Gasteiger charge is 2.29. The number of alkyl halides is 3. The largest absolute Gasteiger partial charge is 0.405 e. The summed E-state index contributed by atoms with van der Waals surface area (Å²) in [6.45, 7) is -1.60. The van der Waals surface area contributed by atoms with Crippen LogP contribution in [-0.2, 0) is 9.05 Å². The molecule has 0 aromatic heterocycles. The topological polar surface area (TPSA) is 63.2 Å². The van der Waals surface area contributed by atoms with Crippen molar-refractivity contribution >= 4 is 48.8 Å². The van der Waals surface area contributed by atoms with Gasteiger partial charge in [0.1, 0.15) is 6.54 Å². The maximum Gasteiger partial charge on any atom is 0.405 e. The van der Waals surface area contributed by atoms with Crippen LogP contribution in [0.5, 0.6) is 0 Å². The summed E-state index contributed by atoms with van der Waals surface area (Å²) in [5.41, 5.74) is -0.525. The standard InChI is InChI=1S/C9H5Cl3F3NO3S/c10-6-2-4(20(12,18)19)1-5(7(6)11)8(17)16-3-9(13,14)15/h1-2H,3H2,(H,16,17). The highest BCUT2D eigenvalue weighted by atomic mass is 35.7. The monoisotopic (exact) mass is 369 g/mol. The van der Waals surface area contributed by atoms with Gasteiger partial charge in [-0.25, -0.2) is 8.42 Å². The third kappa shape index (κ3) is 4.69. The van der Waals surface area contributed by atoms with E-state index in [9.17, 15) is 26.4 Å². The van der Waals surface area contributed by atoms with Crippen LogP contribution in [0.1, 0.15) is 10.4 Å². The highest BCUT2D eigenvalue weighted by molar-refractivity contribution is 8.13. The lowest BCUT2D eigenvalue weighted by Gasteiger charge is -2.11. The van der Waals surface area contributed by atoms with Crippen molar-refractivity contribution in [1.29, 1.82) is 0 Å². The molecule has 0 aliphatic rings. The van der Waals surface area contributed by atoms with Gasteiger partial charge < -0.3 is 5.32 Å². The molecule has 1 amide bonds. The quantitative estimate of drug-likeness (QED) is 0.831. The second kappa shape index (κ2) is 5.97. The summed E-state index contributed by atoms with van der Waals surface area (Å²) in [4.78, 5) is 11.0.